The Morgan fingerprint density at radius 3 is 2.65 bits per heavy atom. The van der Waals surface area contributed by atoms with Crippen molar-refractivity contribution in [3.63, 3.8) is 0 Å². The zero-order chi connectivity index (χ0) is 12.1. The van der Waals surface area contributed by atoms with Gasteiger partial charge < -0.3 is 15.2 Å². The third kappa shape index (κ3) is 3.06. The van der Waals surface area contributed by atoms with Crippen LogP contribution < -0.4 is 5.73 Å². The minimum absolute atomic E-state index is 0.0580. The molecule has 2 N–H and O–H groups in total. The smallest absolute Gasteiger partial charge is 0.274 e. The van der Waals surface area contributed by atoms with E-state index in [0.29, 0.717) is 18.8 Å². The largest absolute Gasteiger partial charge is 0.337 e. The van der Waals surface area contributed by atoms with Gasteiger partial charge in [-0.2, -0.15) is 0 Å². The van der Waals surface area contributed by atoms with Gasteiger partial charge in [0.1, 0.15) is 5.69 Å². The Balaban J connectivity index is 2.01. The molecular formula is C12H20N4O. The first kappa shape index (κ1) is 12.1. The van der Waals surface area contributed by atoms with E-state index >= 15 is 0 Å². The van der Waals surface area contributed by atoms with Crippen molar-refractivity contribution in [2.24, 2.45) is 5.73 Å². The summed E-state index contributed by atoms with van der Waals surface area (Å²) in [6.07, 6.45) is 8.14. The highest BCUT2D eigenvalue weighted by Gasteiger charge is 2.19. The molecule has 0 radical (unpaired) electrons. The number of aromatic nitrogens is 2. The van der Waals surface area contributed by atoms with Gasteiger partial charge in [-0.3, -0.25) is 4.79 Å². The molecule has 94 valence electrons. The molecule has 1 amide bonds. The van der Waals surface area contributed by atoms with Crippen LogP contribution in [0.3, 0.4) is 0 Å². The number of rotatable bonds is 3. The number of carbonyl (C=O) groups excluding carboxylic acids is 1. The molecule has 1 aliphatic heterocycles. The summed E-state index contributed by atoms with van der Waals surface area (Å²) in [6, 6.07) is 0. The molecule has 5 nitrogen and oxygen atoms in total. The summed E-state index contributed by atoms with van der Waals surface area (Å²) >= 11 is 0. The van der Waals surface area contributed by atoms with Gasteiger partial charge in [0, 0.05) is 32.4 Å². The van der Waals surface area contributed by atoms with Crippen LogP contribution >= 0.6 is 0 Å². The Morgan fingerprint density at radius 1 is 1.29 bits per heavy atom. The number of imidazole rings is 1. The highest BCUT2D eigenvalue weighted by Crippen LogP contribution is 2.12. The second kappa shape index (κ2) is 5.82. The summed E-state index contributed by atoms with van der Waals surface area (Å²) < 4.78 is 1.87. The molecule has 0 saturated carbocycles. The predicted octanol–water partition coefficient (Wildman–Crippen LogP) is 0.858. The van der Waals surface area contributed by atoms with Gasteiger partial charge in [0.25, 0.3) is 5.91 Å². The van der Waals surface area contributed by atoms with E-state index < -0.39 is 0 Å². The molecule has 0 bridgehead atoms. The molecule has 1 aromatic rings. The van der Waals surface area contributed by atoms with E-state index in [-0.39, 0.29) is 5.91 Å². The van der Waals surface area contributed by atoms with Gasteiger partial charge in [-0.05, 0) is 12.8 Å². The fraction of sp³-hybridized carbons (Fsp3) is 0.667. The normalized spacial score (nSPS) is 16.9. The van der Waals surface area contributed by atoms with Gasteiger partial charge in [-0.15, -0.1) is 0 Å². The molecule has 2 heterocycles. The molecule has 1 aliphatic rings. The van der Waals surface area contributed by atoms with E-state index in [2.05, 4.69) is 4.98 Å². The van der Waals surface area contributed by atoms with E-state index in [0.717, 1.165) is 25.9 Å². The number of hydrogen-bond acceptors (Lipinski definition) is 3. The maximum atomic E-state index is 12.2. The van der Waals surface area contributed by atoms with Crippen LogP contribution in [0.4, 0.5) is 0 Å². The summed E-state index contributed by atoms with van der Waals surface area (Å²) in [5, 5.41) is 0. The van der Waals surface area contributed by atoms with Crippen LogP contribution in [0.2, 0.25) is 0 Å². The number of carbonyl (C=O) groups is 1. The molecule has 1 saturated heterocycles. The minimum atomic E-state index is 0.0580. The van der Waals surface area contributed by atoms with Gasteiger partial charge in [-0.1, -0.05) is 12.8 Å². The maximum Gasteiger partial charge on any atom is 0.274 e. The van der Waals surface area contributed by atoms with Crippen molar-refractivity contribution in [1.29, 1.82) is 0 Å². The third-order valence-corrected chi connectivity index (χ3v) is 3.13. The van der Waals surface area contributed by atoms with Crippen LogP contribution in [0, 0.1) is 0 Å². The molecule has 0 aromatic carbocycles. The molecule has 2 rings (SSSR count). The number of nitrogens with two attached hydrogens (primary N) is 1. The second-order valence-electron chi connectivity index (χ2n) is 4.49. The molecule has 0 aliphatic carbocycles. The van der Waals surface area contributed by atoms with E-state index in [1.165, 1.54) is 12.8 Å². The van der Waals surface area contributed by atoms with Crippen LogP contribution in [0.15, 0.2) is 12.5 Å². The standard InChI is InChI=1S/C12H20N4O/c13-5-8-15-9-11(14-10-15)12(17)16-6-3-1-2-4-7-16/h9-10H,1-8,13H2. The zero-order valence-electron chi connectivity index (χ0n) is 10.1. The summed E-state index contributed by atoms with van der Waals surface area (Å²) in [5.41, 5.74) is 6.01. The maximum absolute atomic E-state index is 12.2. The van der Waals surface area contributed by atoms with Crippen molar-refractivity contribution in [3.05, 3.63) is 18.2 Å². The van der Waals surface area contributed by atoms with Crippen LogP contribution in [-0.4, -0.2) is 40.0 Å². The first-order valence-corrected chi connectivity index (χ1v) is 6.32. The SMILES string of the molecule is NCCn1cnc(C(=O)N2CCCCCC2)c1. The van der Waals surface area contributed by atoms with E-state index in [1.54, 1.807) is 12.5 Å². The topological polar surface area (TPSA) is 64.2 Å². The Hall–Kier alpha value is -1.36. The monoisotopic (exact) mass is 236 g/mol. The zero-order valence-corrected chi connectivity index (χ0v) is 10.1. The molecule has 0 atom stereocenters. The van der Waals surface area contributed by atoms with Crippen LogP contribution in [-0.2, 0) is 6.54 Å². The van der Waals surface area contributed by atoms with Crippen LogP contribution in [0.25, 0.3) is 0 Å². The minimum Gasteiger partial charge on any atom is -0.337 e. The third-order valence-electron chi connectivity index (χ3n) is 3.13. The van der Waals surface area contributed by atoms with Crippen molar-refractivity contribution in [1.82, 2.24) is 14.5 Å². The van der Waals surface area contributed by atoms with Crippen LogP contribution in [0.5, 0.6) is 0 Å². The molecular weight excluding hydrogens is 216 g/mol. The Kier molecular flexibility index (Phi) is 4.14. The second-order valence-corrected chi connectivity index (χ2v) is 4.49. The molecule has 1 fully saturated rings. The fourth-order valence-corrected chi connectivity index (χ4v) is 2.18. The summed E-state index contributed by atoms with van der Waals surface area (Å²) in [6.45, 7) is 3.00. The van der Waals surface area contributed by atoms with Crippen LogP contribution in [0.1, 0.15) is 36.2 Å². The summed E-state index contributed by atoms with van der Waals surface area (Å²) in [5.74, 6) is 0.0580. The number of amides is 1. The summed E-state index contributed by atoms with van der Waals surface area (Å²) in [4.78, 5) is 18.3. The van der Waals surface area contributed by atoms with E-state index in [9.17, 15) is 4.79 Å². The number of nitrogens with zero attached hydrogens (tertiary/aromatic N) is 3. The highest BCUT2D eigenvalue weighted by molar-refractivity contribution is 5.92. The molecule has 0 spiro atoms. The lowest BCUT2D eigenvalue weighted by Gasteiger charge is -2.18. The summed E-state index contributed by atoms with van der Waals surface area (Å²) in [7, 11) is 0. The van der Waals surface area contributed by atoms with Gasteiger partial charge in [-0.25, -0.2) is 4.98 Å². The van der Waals surface area contributed by atoms with Crippen molar-refractivity contribution in [3.8, 4) is 0 Å². The lowest BCUT2D eigenvalue weighted by molar-refractivity contribution is 0.0756. The van der Waals surface area contributed by atoms with Crippen molar-refractivity contribution in [2.75, 3.05) is 19.6 Å². The van der Waals surface area contributed by atoms with Crippen molar-refractivity contribution < 1.29 is 4.79 Å². The van der Waals surface area contributed by atoms with Crippen molar-refractivity contribution in [2.45, 2.75) is 32.2 Å². The average molecular weight is 236 g/mol. The number of hydrogen-bond donors (Lipinski definition) is 1. The van der Waals surface area contributed by atoms with E-state index in [4.69, 9.17) is 5.73 Å². The van der Waals surface area contributed by atoms with Gasteiger partial charge in [0.2, 0.25) is 0 Å². The molecule has 17 heavy (non-hydrogen) atoms. The molecule has 0 unspecified atom stereocenters. The highest BCUT2D eigenvalue weighted by atomic mass is 16.2. The molecule has 5 heteroatoms. The predicted molar refractivity (Wildman–Crippen MR) is 65.7 cm³/mol. The lowest BCUT2D eigenvalue weighted by atomic mass is 10.2. The Bertz CT molecular complexity index is 366. The average Bonchev–Trinajstić information content (AvgIpc) is 2.64. The van der Waals surface area contributed by atoms with E-state index in [1.807, 2.05) is 9.47 Å². The van der Waals surface area contributed by atoms with Gasteiger partial charge >= 0.3 is 0 Å². The Morgan fingerprint density at radius 2 is 2.00 bits per heavy atom. The molecule has 1 aromatic heterocycles. The lowest BCUT2D eigenvalue weighted by Crippen LogP contribution is -2.32. The van der Waals surface area contributed by atoms with Crippen molar-refractivity contribution >= 4 is 5.91 Å². The Labute approximate surface area is 102 Å². The number of likely N-dealkylation sites (tertiary alicyclic amines) is 1. The van der Waals surface area contributed by atoms with Gasteiger partial charge in [0.05, 0.1) is 6.33 Å². The first-order valence-electron chi connectivity index (χ1n) is 6.32. The first-order chi connectivity index (χ1) is 8.31. The van der Waals surface area contributed by atoms with Gasteiger partial charge in [0.15, 0.2) is 0 Å². The quantitative estimate of drug-likeness (QED) is 0.846. The fourth-order valence-electron chi connectivity index (χ4n) is 2.18.